The minimum absolute atomic E-state index is 0.0173. The number of benzene rings is 2. The fourth-order valence-corrected chi connectivity index (χ4v) is 3.37. The highest BCUT2D eigenvalue weighted by Crippen LogP contribution is 2.27. The Hall–Kier alpha value is -1.82. The summed E-state index contributed by atoms with van der Waals surface area (Å²) in [5.74, 6) is -1.49. The minimum atomic E-state index is -0.706. The zero-order valence-electron chi connectivity index (χ0n) is 13.4. The van der Waals surface area contributed by atoms with E-state index in [-0.39, 0.29) is 21.6 Å². The van der Waals surface area contributed by atoms with E-state index in [4.69, 9.17) is 34.8 Å². The number of hydrogen-bond acceptors (Lipinski definition) is 2. The molecule has 1 unspecified atom stereocenters. The molecule has 0 aromatic heterocycles. The van der Waals surface area contributed by atoms with Gasteiger partial charge in [0.15, 0.2) is 5.82 Å². The van der Waals surface area contributed by atoms with E-state index >= 15 is 0 Å². The maximum Gasteiger partial charge on any atom is 0.254 e. The number of carbonyl (C=O) groups excluding carboxylic acids is 2. The first-order valence-corrected chi connectivity index (χ1v) is 9.03. The Morgan fingerprint density at radius 3 is 2.58 bits per heavy atom. The van der Waals surface area contributed by atoms with E-state index in [9.17, 15) is 14.0 Å². The standard InChI is InChI=1S/C18H14Cl3FN2O2/c19-11-7-6-10(9-13(11)21)18(26)24-8-2-5-15(24)17(25)23-14-4-1-3-12(20)16(14)22/h1,3-4,6-7,9,15H,2,5,8H2,(H,23,25). The molecule has 2 aromatic rings. The molecule has 4 nitrogen and oxygen atoms in total. The van der Waals surface area contributed by atoms with Gasteiger partial charge in [-0.2, -0.15) is 0 Å². The first-order valence-electron chi connectivity index (χ1n) is 7.89. The molecule has 0 radical (unpaired) electrons. The summed E-state index contributed by atoms with van der Waals surface area (Å²) in [5, 5.41) is 3.03. The molecular weight excluding hydrogens is 402 g/mol. The second kappa shape index (κ2) is 7.82. The Labute approximate surface area is 164 Å². The smallest absolute Gasteiger partial charge is 0.254 e. The highest BCUT2D eigenvalue weighted by Gasteiger charge is 2.35. The Morgan fingerprint density at radius 2 is 1.85 bits per heavy atom. The van der Waals surface area contributed by atoms with Gasteiger partial charge < -0.3 is 10.2 Å². The topological polar surface area (TPSA) is 49.4 Å². The molecule has 1 atom stereocenters. The van der Waals surface area contributed by atoms with Crippen LogP contribution < -0.4 is 5.32 Å². The van der Waals surface area contributed by atoms with Gasteiger partial charge in [-0.25, -0.2) is 4.39 Å². The summed E-state index contributed by atoms with van der Waals surface area (Å²) in [4.78, 5) is 26.8. The van der Waals surface area contributed by atoms with Crippen molar-refractivity contribution in [1.82, 2.24) is 4.90 Å². The summed E-state index contributed by atoms with van der Waals surface area (Å²) in [6.07, 6.45) is 1.16. The zero-order valence-corrected chi connectivity index (χ0v) is 15.7. The van der Waals surface area contributed by atoms with E-state index in [0.717, 1.165) is 0 Å². The molecule has 8 heteroatoms. The van der Waals surface area contributed by atoms with E-state index < -0.39 is 17.8 Å². The summed E-state index contributed by atoms with van der Waals surface area (Å²) in [5.41, 5.74) is 0.323. The number of anilines is 1. The van der Waals surface area contributed by atoms with Crippen LogP contribution in [0.2, 0.25) is 15.1 Å². The van der Waals surface area contributed by atoms with E-state index in [1.807, 2.05) is 0 Å². The molecule has 1 N–H and O–H groups in total. The molecule has 136 valence electrons. The van der Waals surface area contributed by atoms with Gasteiger partial charge in [0, 0.05) is 12.1 Å². The van der Waals surface area contributed by atoms with Crippen molar-refractivity contribution in [2.75, 3.05) is 11.9 Å². The quantitative estimate of drug-likeness (QED) is 0.764. The fraction of sp³-hybridized carbons (Fsp3) is 0.222. The van der Waals surface area contributed by atoms with E-state index in [1.165, 1.54) is 35.2 Å². The summed E-state index contributed by atoms with van der Waals surface area (Å²) in [6, 6.07) is 8.20. The Kier molecular flexibility index (Phi) is 5.70. The third-order valence-electron chi connectivity index (χ3n) is 4.19. The van der Waals surface area contributed by atoms with Gasteiger partial charge >= 0.3 is 0 Å². The van der Waals surface area contributed by atoms with Crippen molar-refractivity contribution in [2.45, 2.75) is 18.9 Å². The highest BCUT2D eigenvalue weighted by atomic mass is 35.5. The number of hydrogen-bond donors (Lipinski definition) is 1. The monoisotopic (exact) mass is 414 g/mol. The fourth-order valence-electron chi connectivity index (χ4n) is 2.89. The maximum absolute atomic E-state index is 14.0. The van der Waals surface area contributed by atoms with Crippen LogP contribution in [0.5, 0.6) is 0 Å². The van der Waals surface area contributed by atoms with Crippen molar-refractivity contribution in [3.63, 3.8) is 0 Å². The predicted molar refractivity (Wildman–Crippen MR) is 101 cm³/mol. The second-order valence-corrected chi connectivity index (χ2v) is 7.10. The van der Waals surface area contributed by atoms with Crippen molar-refractivity contribution >= 4 is 52.3 Å². The van der Waals surface area contributed by atoms with Crippen molar-refractivity contribution < 1.29 is 14.0 Å². The number of nitrogens with zero attached hydrogens (tertiary/aromatic N) is 1. The van der Waals surface area contributed by atoms with Crippen LogP contribution >= 0.6 is 34.8 Å². The number of rotatable bonds is 3. The first-order chi connectivity index (χ1) is 12.4. The van der Waals surface area contributed by atoms with Gasteiger partial charge in [-0.15, -0.1) is 0 Å². The van der Waals surface area contributed by atoms with Gasteiger partial charge in [0.05, 0.1) is 20.8 Å². The van der Waals surface area contributed by atoms with Crippen LogP contribution in [0.4, 0.5) is 10.1 Å². The Balaban J connectivity index is 1.78. The molecule has 0 bridgehead atoms. The third kappa shape index (κ3) is 3.80. The Morgan fingerprint density at radius 1 is 1.08 bits per heavy atom. The van der Waals surface area contributed by atoms with Crippen LogP contribution in [0.25, 0.3) is 0 Å². The van der Waals surface area contributed by atoms with E-state index in [2.05, 4.69) is 5.32 Å². The van der Waals surface area contributed by atoms with E-state index in [0.29, 0.717) is 30.0 Å². The summed E-state index contributed by atoms with van der Waals surface area (Å²) >= 11 is 17.6. The van der Waals surface area contributed by atoms with Crippen LogP contribution in [0.3, 0.4) is 0 Å². The lowest BCUT2D eigenvalue weighted by Crippen LogP contribution is -2.43. The van der Waals surface area contributed by atoms with Crippen molar-refractivity contribution in [3.8, 4) is 0 Å². The molecule has 1 saturated heterocycles. The summed E-state index contributed by atoms with van der Waals surface area (Å²) < 4.78 is 14.0. The number of likely N-dealkylation sites (tertiary alicyclic amines) is 1. The number of halogens is 4. The molecule has 26 heavy (non-hydrogen) atoms. The number of carbonyl (C=O) groups is 2. The van der Waals surface area contributed by atoms with Crippen LogP contribution in [-0.2, 0) is 4.79 Å². The van der Waals surface area contributed by atoms with Crippen molar-refractivity contribution in [2.24, 2.45) is 0 Å². The summed E-state index contributed by atoms with van der Waals surface area (Å²) in [7, 11) is 0. The molecule has 1 fully saturated rings. The number of nitrogens with one attached hydrogen (secondary N) is 1. The van der Waals surface area contributed by atoms with Crippen LogP contribution in [0.15, 0.2) is 36.4 Å². The average molecular weight is 416 g/mol. The molecule has 0 saturated carbocycles. The van der Waals surface area contributed by atoms with Crippen molar-refractivity contribution in [1.29, 1.82) is 0 Å². The molecular formula is C18H14Cl3FN2O2. The lowest BCUT2D eigenvalue weighted by molar-refractivity contribution is -0.119. The van der Waals surface area contributed by atoms with Crippen LogP contribution in [0.1, 0.15) is 23.2 Å². The maximum atomic E-state index is 14.0. The SMILES string of the molecule is O=C(Nc1cccc(Cl)c1F)C1CCCN1C(=O)c1ccc(Cl)c(Cl)c1. The molecule has 1 heterocycles. The molecule has 0 aliphatic carbocycles. The highest BCUT2D eigenvalue weighted by molar-refractivity contribution is 6.42. The molecule has 1 aliphatic heterocycles. The van der Waals surface area contributed by atoms with Gasteiger partial charge in [-0.3, -0.25) is 9.59 Å². The third-order valence-corrected chi connectivity index (χ3v) is 5.22. The number of amides is 2. The van der Waals surface area contributed by atoms with Crippen LogP contribution in [0, 0.1) is 5.82 Å². The second-order valence-electron chi connectivity index (χ2n) is 5.88. The van der Waals surface area contributed by atoms with Gasteiger partial charge in [0.25, 0.3) is 5.91 Å². The lowest BCUT2D eigenvalue weighted by Gasteiger charge is -2.24. The van der Waals surface area contributed by atoms with Crippen molar-refractivity contribution in [3.05, 3.63) is 62.8 Å². The lowest BCUT2D eigenvalue weighted by atomic mass is 10.1. The molecule has 2 amide bonds. The normalized spacial score (nSPS) is 16.6. The average Bonchev–Trinajstić information content (AvgIpc) is 3.10. The van der Waals surface area contributed by atoms with Crippen LogP contribution in [-0.4, -0.2) is 29.3 Å². The molecule has 3 rings (SSSR count). The molecule has 0 spiro atoms. The predicted octanol–water partition coefficient (Wildman–Crippen LogP) is 5.03. The van der Waals surface area contributed by atoms with Gasteiger partial charge in [0.1, 0.15) is 6.04 Å². The first kappa shape index (κ1) is 19.0. The zero-order chi connectivity index (χ0) is 18.8. The largest absolute Gasteiger partial charge is 0.327 e. The molecule has 1 aliphatic rings. The Bertz CT molecular complexity index is 876. The molecule has 2 aromatic carbocycles. The van der Waals surface area contributed by atoms with E-state index in [1.54, 1.807) is 6.07 Å². The summed E-state index contributed by atoms with van der Waals surface area (Å²) in [6.45, 7) is 0.426. The minimum Gasteiger partial charge on any atom is -0.327 e. The van der Waals surface area contributed by atoms with Gasteiger partial charge in [-0.1, -0.05) is 40.9 Å². The van der Waals surface area contributed by atoms with Gasteiger partial charge in [0.2, 0.25) is 5.91 Å². The van der Waals surface area contributed by atoms with Gasteiger partial charge in [-0.05, 0) is 43.2 Å².